The van der Waals surface area contributed by atoms with Crippen LogP contribution in [-0.2, 0) is 22.6 Å². The van der Waals surface area contributed by atoms with E-state index in [4.69, 9.17) is 10.00 Å². The molecule has 6 nitrogen and oxygen atoms in total. The Balaban J connectivity index is 1.46. The van der Waals surface area contributed by atoms with Crippen molar-refractivity contribution in [3.63, 3.8) is 0 Å². The van der Waals surface area contributed by atoms with Crippen LogP contribution in [0.5, 0.6) is 0 Å². The van der Waals surface area contributed by atoms with Gasteiger partial charge in [0.25, 0.3) is 5.91 Å². The number of piperazine rings is 1. The molecule has 1 amide bonds. The van der Waals surface area contributed by atoms with E-state index in [1.807, 2.05) is 35.2 Å². The smallest absolute Gasteiger partial charge is 0.278 e. The van der Waals surface area contributed by atoms with E-state index in [1.165, 1.54) is 15.3 Å². The number of rotatable bonds is 9. The number of carbonyl (C=O) groups is 1. The van der Waals surface area contributed by atoms with Gasteiger partial charge >= 0.3 is 0 Å². The van der Waals surface area contributed by atoms with Crippen molar-refractivity contribution in [2.75, 3.05) is 53.0 Å². The van der Waals surface area contributed by atoms with E-state index in [0.717, 1.165) is 32.7 Å². The lowest BCUT2D eigenvalue weighted by Crippen LogP contribution is -3.28. The second-order valence-electron chi connectivity index (χ2n) is 7.55. The third kappa shape index (κ3) is 6.65. The highest BCUT2D eigenvalue weighted by molar-refractivity contribution is 7.09. The van der Waals surface area contributed by atoms with Crippen molar-refractivity contribution in [1.29, 1.82) is 5.26 Å². The van der Waals surface area contributed by atoms with Crippen LogP contribution < -0.4 is 9.80 Å². The van der Waals surface area contributed by atoms with Gasteiger partial charge < -0.3 is 19.4 Å². The summed E-state index contributed by atoms with van der Waals surface area (Å²) in [7, 11) is 1.68. The summed E-state index contributed by atoms with van der Waals surface area (Å²) < 4.78 is 5.20. The minimum Gasteiger partial charge on any atom is -0.383 e. The Morgan fingerprint density at radius 2 is 1.90 bits per heavy atom. The van der Waals surface area contributed by atoms with Gasteiger partial charge in [0.05, 0.1) is 24.8 Å². The average Bonchev–Trinajstić information content (AvgIpc) is 3.26. The molecule has 0 unspecified atom stereocenters. The summed E-state index contributed by atoms with van der Waals surface area (Å²) in [5, 5.41) is 11.0. The lowest BCUT2D eigenvalue weighted by Gasteiger charge is -2.31. The topological polar surface area (TPSA) is 62.2 Å². The minimum atomic E-state index is 0.209. The fraction of sp³-hybridized carbons (Fsp3) is 0.455. The minimum absolute atomic E-state index is 0.209. The van der Waals surface area contributed by atoms with Crippen LogP contribution in [0.4, 0.5) is 0 Å². The summed E-state index contributed by atoms with van der Waals surface area (Å²) >= 11 is 1.69. The number of hydrogen-bond acceptors (Lipinski definition) is 4. The van der Waals surface area contributed by atoms with Gasteiger partial charge in [-0.15, -0.1) is 11.3 Å². The molecule has 1 saturated heterocycles. The molecule has 1 aliphatic heterocycles. The van der Waals surface area contributed by atoms with Gasteiger partial charge in [-0.3, -0.25) is 4.79 Å². The normalized spacial score (nSPS) is 18.9. The molecule has 2 aromatic rings. The van der Waals surface area contributed by atoms with Crippen molar-refractivity contribution in [2.24, 2.45) is 0 Å². The fourth-order valence-corrected chi connectivity index (χ4v) is 4.43. The third-order valence-electron chi connectivity index (χ3n) is 5.45. The molecule has 0 atom stereocenters. The summed E-state index contributed by atoms with van der Waals surface area (Å²) in [5.74, 6) is 0.209. The SMILES string of the molecule is COCCN(Cc1cccs1)C(=O)C[NH+]1CC[NH+](Cc2ccc(C#N)cc2)CC1. The van der Waals surface area contributed by atoms with Crippen molar-refractivity contribution < 1.29 is 19.3 Å². The quantitative estimate of drug-likeness (QED) is 0.586. The zero-order valence-corrected chi connectivity index (χ0v) is 17.8. The number of amides is 1. The standard InChI is InChI=1S/C22H28N4O2S/c1-28-13-12-26(17-21-3-2-14-29-21)22(27)18-25-10-8-24(9-11-25)16-20-6-4-19(15-23)5-7-20/h2-7,14H,8-13,16-18H2,1H3/p+2. The van der Waals surface area contributed by atoms with E-state index in [2.05, 4.69) is 17.5 Å². The second kappa shape index (κ2) is 11.1. The predicted molar refractivity (Wildman–Crippen MR) is 113 cm³/mol. The van der Waals surface area contributed by atoms with Crippen LogP contribution in [0, 0.1) is 11.3 Å². The average molecular weight is 415 g/mol. The number of nitrogens with one attached hydrogen (secondary N) is 2. The van der Waals surface area contributed by atoms with E-state index < -0.39 is 0 Å². The van der Waals surface area contributed by atoms with Gasteiger partial charge in [-0.25, -0.2) is 0 Å². The molecule has 1 fully saturated rings. The molecule has 2 heterocycles. The molecule has 2 N–H and O–H groups in total. The van der Waals surface area contributed by atoms with Gasteiger partial charge in [0.2, 0.25) is 0 Å². The van der Waals surface area contributed by atoms with Crippen LogP contribution in [0.2, 0.25) is 0 Å². The monoisotopic (exact) mass is 414 g/mol. The Morgan fingerprint density at radius 1 is 1.17 bits per heavy atom. The van der Waals surface area contributed by atoms with Crippen LogP contribution in [0.3, 0.4) is 0 Å². The largest absolute Gasteiger partial charge is 0.383 e. The Morgan fingerprint density at radius 3 is 2.52 bits per heavy atom. The third-order valence-corrected chi connectivity index (χ3v) is 6.31. The first-order valence-electron chi connectivity index (χ1n) is 10.1. The van der Waals surface area contributed by atoms with Gasteiger partial charge in [0.1, 0.15) is 32.7 Å². The van der Waals surface area contributed by atoms with Gasteiger partial charge in [0.15, 0.2) is 6.54 Å². The van der Waals surface area contributed by atoms with E-state index in [9.17, 15) is 4.79 Å². The lowest BCUT2D eigenvalue weighted by atomic mass is 10.1. The lowest BCUT2D eigenvalue weighted by molar-refractivity contribution is -1.02. The van der Waals surface area contributed by atoms with Crippen LogP contribution >= 0.6 is 11.3 Å². The Labute approximate surface area is 176 Å². The Hall–Kier alpha value is -2.24. The van der Waals surface area contributed by atoms with Gasteiger partial charge in [0, 0.05) is 24.1 Å². The van der Waals surface area contributed by atoms with Crippen LogP contribution in [0.1, 0.15) is 16.0 Å². The molecule has 7 heteroatoms. The molecule has 0 aliphatic carbocycles. The number of quaternary nitrogens is 2. The van der Waals surface area contributed by atoms with Crippen LogP contribution in [0.25, 0.3) is 0 Å². The number of nitrogens with zero attached hydrogens (tertiary/aromatic N) is 2. The first kappa shape index (κ1) is 21.5. The highest BCUT2D eigenvalue weighted by atomic mass is 32.1. The molecule has 1 aromatic carbocycles. The number of benzene rings is 1. The van der Waals surface area contributed by atoms with Crippen molar-refractivity contribution in [3.05, 3.63) is 57.8 Å². The first-order chi connectivity index (χ1) is 14.2. The zero-order valence-electron chi connectivity index (χ0n) is 17.0. The highest BCUT2D eigenvalue weighted by Gasteiger charge is 2.27. The molecule has 1 aromatic heterocycles. The Bertz CT molecular complexity index is 793. The Kier molecular flexibility index (Phi) is 8.20. The van der Waals surface area contributed by atoms with E-state index in [0.29, 0.717) is 31.8 Å². The zero-order chi connectivity index (χ0) is 20.5. The number of thiophene rings is 1. The van der Waals surface area contributed by atoms with Crippen molar-refractivity contribution in [3.8, 4) is 6.07 Å². The van der Waals surface area contributed by atoms with Crippen LogP contribution in [0.15, 0.2) is 41.8 Å². The van der Waals surface area contributed by atoms with E-state index in [1.54, 1.807) is 23.3 Å². The number of ether oxygens (including phenoxy) is 1. The molecular formula is C22H30N4O2S+2. The van der Waals surface area contributed by atoms with Gasteiger partial charge in [-0.1, -0.05) is 18.2 Å². The highest BCUT2D eigenvalue weighted by Crippen LogP contribution is 2.11. The number of methoxy groups -OCH3 is 1. The molecule has 3 rings (SSSR count). The van der Waals surface area contributed by atoms with Crippen LogP contribution in [-0.4, -0.2) is 63.8 Å². The number of hydrogen-bond donors (Lipinski definition) is 2. The summed E-state index contributed by atoms with van der Waals surface area (Å²) in [6.45, 7) is 7.54. The van der Waals surface area contributed by atoms with Crippen molar-refractivity contribution in [1.82, 2.24) is 4.90 Å². The molecule has 0 radical (unpaired) electrons. The van der Waals surface area contributed by atoms with Gasteiger partial charge in [-0.2, -0.15) is 5.26 Å². The summed E-state index contributed by atoms with van der Waals surface area (Å²) in [6, 6.07) is 14.1. The van der Waals surface area contributed by atoms with Crippen molar-refractivity contribution in [2.45, 2.75) is 13.1 Å². The van der Waals surface area contributed by atoms with Gasteiger partial charge in [-0.05, 0) is 23.6 Å². The second-order valence-corrected chi connectivity index (χ2v) is 8.58. The van der Waals surface area contributed by atoms with E-state index >= 15 is 0 Å². The number of nitriles is 1. The maximum absolute atomic E-state index is 12.9. The molecular weight excluding hydrogens is 384 g/mol. The van der Waals surface area contributed by atoms with Crippen molar-refractivity contribution >= 4 is 17.2 Å². The summed E-state index contributed by atoms with van der Waals surface area (Å²) in [5.41, 5.74) is 1.97. The molecule has 1 aliphatic rings. The first-order valence-corrected chi connectivity index (χ1v) is 11.0. The summed E-state index contributed by atoms with van der Waals surface area (Å²) in [4.78, 5) is 18.9. The maximum atomic E-state index is 12.9. The summed E-state index contributed by atoms with van der Waals surface area (Å²) in [6.07, 6.45) is 0. The molecule has 154 valence electrons. The molecule has 0 bridgehead atoms. The molecule has 0 saturated carbocycles. The molecule has 29 heavy (non-hydrogen) atoms. The number of carbonyl (C=O) groups excluding carboxylic acids is 1. The molecule has 0 spiro atoms. The predicted octanol–water partition coefficient (Wildman–Crippen LogP) is -0.422. The maximum Gasteiger partial charge on any atom is 0.278 e. The fourth-order valence-electron chi connectivity index (χ4n) is 3.71. The van der Waals surface area contributed by atoms with E-state index in [-0.39, 0.29) is 5.91 Å².